The lowest BCUT2D eigenvalue weighted by atomic mass is 10.0. The fourth-order valence-electron chi connectivity index (χ4n) is 2.14. The normalized spacial score (nSPS) is 10.7. The quantitative estimate of drug-likeness (QED) is 0.723. The van der Waals surface area contributed by atoms with Crippen LogP contribution in [-0.4, -0.2) is 9.97 Å². The average Bonchev–Trinajstić information content (AvgIpc) is 2.49. The fourth-order valence-corrected chi connectivity index (χ4v) is 2.27. The van der Waals surface area contributed by atoms with E-state index in [0.717, 1.165) is 0 Å². The van der Waals surface area contributed by atoms with E-state index >= 15 is 0 Å². The zero-order valence-corrected chi connectivity index (χ0v) is 11.4. The zero-order valence-electron chi connectivity index (χ0n) is 10.7. The maximum Gasteiger partial charge on any atom is 0.157 e. The third-order valence-corrected chi connectivity index (χ3v) is 3.46. The lowest BCUT2D eigenvalue weighted by molar-refractivity contribution is 1.09. The summed E-state index contributed by atoms with van der Waals surface area (Å²) in [5.41, 5.74) is 7.39. The van der Waals surface area contributed by atoms with E-state index in [1.54, 1.807) is 0 Å². The number of rotatable bonds is 3. The highest BCUT2D eigenvalue weighted by atomic mass is 35.5. The van der Waals surface area contributed by atoms with Crippen LogP contribution in [0.3, 0.4) is 0 Å². The summed E-state index contributed by atoms with van der Waals surface area (Å²) >= 11 is 5.87. The molecule has 0 aliphatic rings. The van der Waals surface area contributed by atoms with Crippen LogP contribution in [0, 0.1) is 0 Å². The van der Waals surface area contributed by atoms with Crippen molar-refractivity contribution in [1.82, 2.24) is 9.97 Å². The molecule has 0 aliphatic heterocycles. The number of anilines is 2. The van der Waals surface area contributed by atoms with Crippen LogP contribution in [0.4, 0.5) is 11.5 Å². The van der Waals surface area contributed by atoms with E-state index in [9.17, 15) is 0 Å². The number of aromatic nitrogens is 2. The van der Waals surface area contributed by atoms with E-state index in [4.69, 9.17) is 17.3 Å². The van der Waals surface area contributed by atoms with Gasteiger partial charge in [-0.15, -0.1) is 0 Å². The van der Waals surface area contributed by atoms with Crippen LogP contribution in [0.1, 0.15) is 5.56 Å². The SMILES string of the molecule is Nc1c(Cl)ncnc1NCc1cccc2ccccc12. The molecule has 0 saturated heterocycles. The van der Waals surface area contributed by atoms with Gasteiger partial charge in [0.05, 0.1) is 0 Å². The second-order valence-electron chi connectivity index (χ2n) is 4.42. The third-order valence-electron chi connectivity index (χ3n) is 3.16. The molecule has 0 spiro atoms. The van der Waals surface area contributed by atoms with Crippen LogP contribution in [0.2, 0.25) is 5.15 Å². The summed E-state index contributed by atoms with van der Waals surface area (Å²) in [6.45, 7) is 0.624. The van der Waals surface area contributed by atoms with Crippen molar-refractivity contribution in [3.63, 3.8) is 0 Å². The first-order chi connectivity index (χ1) is 9.75. The number of nitrogens with two attached hydrogens (primary N) is 1. The van der Waals surface area contributed by atoms with Crippen LogP contribution in [0.25, 0.3) is 10.8 Å². The van der Waals surface area contributed by atoms with Gasteiger partial charge in [0.1, 0.15) is 12.0 Å². The number of hydrogen-bond donors (Lipinski definition) is 2. The summed E-state index contributed by atoms with van der Waals surface area (Å²) in [5.74, 6) is 0.554. The molecule has 0 radical (unpaired) electrons. The monoisotopic (exact) mass is 284 g/mol. The summed E-state index contributed by atoms with van der Waals surface area (Å²) < 4.78 is 0. The highest BCUT2D eigenvalue weighted by Gasteiger charge is 2.06. The van der Waals surface area contributed by atoms with Gasteiger partial charge in [0.15, 0.2) is 11.0 Å². The van der Waals surface area contributed by atoms with Crippen LogP contribution in [0.5, 0.6) is 0 Å². The lowest BCUT2D eigenvalue weighted by Gasteiger charge is -2.10. The van der Waals surface area contributed by atoms with Crippen LogP contribution in [-0.2, 0) is 6.54 Å². The predicted octanol–water partition coefficient (Wildman–Crippen LogP) is 3.48. The second-order valence-corrected chi connectivity index (χ2v) is 4.78. The summed E-state index contributed by atoms with van der Waals surface area (Å²) in [6, 6.07) is 14.5. The summed E-state index contributed by atoms with van der Waals surface area (Å²) in [4.78, 5) is 7.94. The van der Waals surface area contributed by atoms with Gasteiger partial charge in [-0.2, -0.15) is 0 Å². The van der Waals surface area contributed by atoms with E-state index in [1.807, 2.05) is 18.2 Å². The van der Waals surface area contributed by atoms with Crippen molar-refractivity contribution in [1.29, 1.82) is 0 Å². The first kappa shape index (κ1) is 12.7. The van der Waals surface area contributed by atoms with Crippen molar-refractivity contribution in [3.8, 4) is 0 Å². The van der Waals surface area contributed by atoms with Crippen LogP contribution in [0.15, 0.2) is 48.8 Å². The maximum absolute atomic E-state index is 5.87. The van der Waals surface area contributed by atoms with E-state index < -0.39 is 0 Å². The molecular weight excluding hydrogens is 272 g/mol. The third kappa shape index (κ3) is 2.38. The molecule has 0 bridgehead atoms. The van der Waals surface area contributed by atoms with E-state index in [1.165, 1.54) is 22.7 Å². The summed E-state index contributed by atoms with van der Waals surface area (Å²) in [6.07, 6.45) is 1.39. The number of nitrogen functional groups attached to an aromatic ring is 1. The smallest absolute Gasteiger partial charge is 0.157 e. The Morgan fingerprint density at radius 2 is 1.85 bits per heavy atom. The first-order valence-electron chi connectivity index (χ1n) is 6.22. The van der Waals surface area contributed by atoms with Crippen molar-refractivity contribution < 1.29 is 0 Å². The van der Waals surface area contributed by atoms with Gasteiger partial charge in [-0.3, -0.25) is 0 Å². The molecule has 0 amide bonds. The molecule has 0 saturated carbocycles. The summed E-state index contributed by atoms with van der Waals surface area (Å²) in [7, 11) is 0. The van der Waals surface area contributed by atoms with Gasteiger partial charge in [-0.25, -0.2) is 9.97 Å². The molecule has 3 aromatic rings. The van der Waals surface area contributed by atoms with Crippen LogP contribution >= 0.6 is 11.6 Å². The molecule has 20 heavy (non-hydrogen) atoms. The molecule has 1 heterocycles. The van der Waals surface area contributed by atoms with E-state index in [-0.39, 0.29) is 5.15 Å². The van der Waals surface area contributed by atoms with Gasteiger partial charge < -0.3 is 11.1 Å². The van der Waals surface area contributed by atoms with Gasteiger partial charge in [0, 0.05) is 6.54 Å². The van der Waals surface area contributed by atoms with Crippen molar-refractivity contribution >= 4 is 33.9 Å². The molecule has 3 N–H and O–H groups in total. The molecule has 0 atom stereocenters. The first-order valence-corrected chi connectivity index (χ1v) is 6.60. The molecule has 5 heteroatoms. The molecule has 0 fully saturated rings. The topological polar surface area (TPSA) is 63.8 Å². The molecule has 4 nitrogen and oxygen atoms in total. The molecular formula is C15H13ClN4. The highest BCUT2D eigenvalue weighted by Crippen LogP contribution is 2.24. The van der Waals surface area contributed by atoms with Crippen LogP contribution < -0.4 is 11.1 Å². The van der Waals surface area contributed by atoms with Gasteiger partial charge in [-0.05, 0) is 16.3 Å². The minimum atomic E-state index is 0.264. The van der Waals surface area contributed by atoms with Gasteiger partial charge in [-0.1, -0.05) is 54.1 Å². The van der Waals surface area contributed by atoms with Gasteiger partial charge >= 0.3 is 0 Å². The Bertz CT molecular complexity index is 752. The molecule has 1 aromatic heterocycles. The number of hydrogen-bond acceptors (Lipinski definition) is 4. The Hall–Kier alpha value is -2.33. The molecule has 0 aliphatic carbocycles. The number of nitrogens with one attached hydrogen (secondary N) is 1. The average molecular weight is 285 g/mol. The Labute approximate surface area is 121 Å². The second kappa shape index (κ2) is 5.35. The Morgan fingerprint density at radius 1 is 1.05 bits per heavy atom. The number of benzene rings is 2. The largest absolute Gasteiger partial charge is 0.393 e. The standard InChI is InChI=1S/C15H13ClN4/c16-14-13(17)15(20-9-19-14)18-8-11-6-3-5-10-4-1-2-7-12(10)11/h1-7,9H,8,17H2,(H,18,19,20). The zero-order chi connectivity index (χ0) is 13.9. The minimum Gasteiger partial charge on any atom is -0.393 e. The molecule has 100 valence electrons. The number of halogens is 1. The Morgan fingerprint density at radius 3 is 2.75 bits per heavy atom. The maximum atomic E-state index is 5.87. The molecule has 3 rings (SSSR count). The van der Waals surface area contributed by atoms with E-state index in [2.05, 4.69) is 39.6 Å². The highest BCUT2D eigenvalue weighted by molar-refractivity contribution is 6.32. The van der Waals surface area contributed by atoms with Crippen molar-refractivity contribution in [2.45, 2.75) is 6.54 Å². The lowest BCUT2D eigenvalue weighted by Crippen LogP contribution is -2.06. The number of nitrogens with zero attached hydrogens (tertiary/aromatic N) is 2. The predicted molar refractivity (Wildman–Crippen MR) is 82.7 cm³/mol. The Balaban J connectivity index is 1.89. The Kier molecular flexibility index (Phi) is 3.39. The van der Waals surface area contributed by atoms with Gasteiger partial charge in [0.25, 0.3) is 0 Å². The minimum absolute atomic E-state index is 0.264. The fraction of sp³-hybridized carbons (Fsp3) is 0.0667. The van der Waals surface area contributed by atoms with E-state index in [0.29, 0.717) is 18.1 Å². The molecule has 0 unspecified atom stereocenters. The molecule has 2 aromatic carbocycles. The van der Waals surface area contributed by atoms with Crippen molar-refractivity contribution in [3.05, 3.63) is 59.5 Å². The summed E-state index contributed by atoms with van der Waals surface area (Å²) in [5, 5.41) is 5.88. The number of fused-ring (bicyclic) bond motifs is 1. The van der Waals surface area contributed by atoms with Crippen molar-refractivity contribution in [2.24, 2.45) is 0 Å². The van der Waals surface area contributed by atoms with Crippen molar-refractivity contribution in [2.75, 3.05) is 11.1 Å². The van der Waals surface area contributed by atoms with Gasteiger partial charge in [0.2, 0.25) is 0 Å².